The van der Waals surface area contributed by atoms with Gasteiger partial charge in [-0.3, -0.25) is 14.4 Å². The van der Waals surface area contributed by atoms with Crippen LogP contribution in [0, 0.1) is 28.6 Å². The van der Waals surface area contributed by atoms with E-state index in [2.05, 4.69) is 39.5 Å². The van der Waals surface area contributed by atoms with Crippen LogP contribution in [0.5, 0.6) is 11.5 Å². The van der Waals surface area contributed by atoms with Crippen molar-refractivity contribution in [2.45, 2.75) is 101 Å². The van der Waals surface area contributed by atoms with E-state index in [4.69, 9.17) is 0 Å². The van der Waals surface area contributed by atoms with Crippen molar-refractivity contribution in [1.82, 2.24) is 0 Å². The maximum absolute atomic E-state index is 14.9. The van der Waals surface area contributed by atoms with E-state index in [9.17, 15) is 29.7 Å². The molecule has 0 spiro atoms. The number of carbonyl (C=O) groups excluding carboxylic acids is 3. The number of phenolic OH excluding ortho intramolecular Hbond substituents is 2. The molecule has 0 aliphatic heterocycles. The highest BCUT2D eigenvalue weighted by atomic mass is 16.3. The maximum atomic E-state index is 14.9. The van der Waals surface area contributed by atoms with Crippen LogP contribution in [-0.2, 0) is 9.59 Å². The van der Waals surface area contributed by atoms with E-state index >= 15 is 0 Å². The molecular weight excluding hydrogens is 564 g/mol. The summed E-state index contributed by atoms with van der Waals surface area (Å²) in [5, 5.41) is 32.3. The summed E-state index contributed by atoms with van der Waals surface area (Å²) >= 11 is 0. The molecule has 2 rings (SSSR count). The van der Waals surface area contributed by atoms with Crippen molar-refractivity contribution in [3.63, 3.8) is 0 Å². The molecule has 1 aromatic carbocycles. The fraction of sp³-hybridized carbons (Fsp3) is 0.513. The summed E-state index contributed by atoms with van der Waals surface area (Å²) < 4.78 is 0. The zero-order valence-corrected chi connectivity index (χ0v) is 29.0. The predicted molar refractivity (Wildman–Crippen MR) is 182 cm³/mol. The number of rotatable bonds is 13. The molecule has 0 fully saturated rings. The van der Waals surface area contributed by atoms with Crippen LogP contribution in [0.25, 0.3) is 0 Å². The fourth-order valence-corrected chi connectivity index (χ4v) is 5.97. The van der Waals surface area contributed by atoms with Gasteiger partial charge >= 0.3 is 0 Å². The summed E-state index contributed by atoms with van der Waals surface area (Å²) in [6.07, 6.45) is 7.82. The Labute approximate surface area is 270 Å². The van der Waals surface area contributed by atoms with E-state index in [1.165, 1.54) is 6.07 Å². The van der Waals surface area contributed by atoms with Gasteiger partial charge in [-0.1, -0.05) is 67.9 Å². The van der Waals surface area contributed by atoms with E-state index in [0.717, 1.165) is 34.4 Å². The Morgan fingerprint density at radius 1 is 0.867 bits per heavy atom. The van der Waals surface area contributed by atoms with Crippen LogP contribution < -0.4 is 0 Å². The van der Waals surface area contributed by atoms with Crippen molar-refractivity contribution < 1.29 is 29.7 Å². The van der Waals surface area contributed by atoms with Gasteiger partial charge in [-0.15, -0.1) is 0 Å². The van der Waals surface area contributed by atoms with Crippen LogP contribution >= 0.6 is 0 Å². The van der Waals surface area contributed by atoms with Gasteiger partial charge in [-0.25, -0.2) is 0 Å². The molecule has 1 unspecified atom stereocenters. The molecule has 0 saturated heterocycles. The Hall–Kier alpha value is -3.67. The molecule has 246 valence electrons. The Bertz CT molecular complexity index is 1430. The van der Waals surface area contributed by atoms with Gasteiger partial charge in [0.1, 0.15) is 11.3 Å². The number of carbonyl (C=O) groups is 3. The van der Waals surface area contributed by atoms with Gasteiger partial charge in [-0.2, -0.15) is 0 Å². The Kier molecular flexibility index (Phi) is 12.6. The highest BCUT2D eigenvalue weighted by molar-refractivity contribution is 6.32. The minimum atomic E-state index is -1.54. The number of hydrogen-bond acceptors (Lipinski definition) is 6. The monoisotopic (exact) mass is 618 g/mol. The predicted octanol–water partition coefficient (Wildman–Crippen LogP) is 9.55. The van der Waals surface area contributed by atoms with Gasteiger partial charge in [0.05, 0.1) is 11.3 Å². The number of aliphatic hydroxyl groups excluding tert-OH is 1. The lowest BCUT2D eigenvalue weighted by Gasteiger charge is -2.45. The summed E-state index contributed by atoms with van der Waals surface area (Å²) in [5.41, 5.74) is 1.71. The standard InChI is InChI=1S/C39H54O6/c1-23(2)12-15-28(26(7)8)21-39(22-29(38(9,10)11)17-13-24(3)4)36(44)30(18-14-25(5)6)35(43)33(37(39)45)34(42)27-16-19-31(40)32(41)20-27/h12-14,16,19-20,28-30,40-41,45H,7,15,17-18,21-22H2,1-6,8-11H3/t28-,29+,30?,39-/m0/s1. The molecule has 1 aromatic rings. The molecule has 0 aromatic heterocycles. The average Bonchev–Trinajstić information content (AvgIpc) is 2.91. The first-order chi connectivity index (χ1) is 20.7. The van der Waals surface area contributed by atoms with Gasteiger partial charge in [0, 0.05) is 5.56 Å². The van der Waals surface area contributed by atoms with E-state index in [1.54, 1.807) is 0 Å². The average molecular weight is 619 g/mol. The molecule has 4 atom stereocenters. The second-order valence-electron chi connectivity index (χ2n) is 14.7. The molecule has 0 saturated carbocycles. The quantitative estimate of drug-likeness (QED) is 0.0667. The molecule has 6 nitrogen and oxygen atoms in total. The van der Waals surface area contributed by atoms with Gasteiger partial charge < -0.3 is 15.3 Å². The third kappa shape index (κ3) is 9.18. The second-order valence-corrected chi connectivity index (χ2v) is 14.7. The second kappa shape index (κ2) is 15.1. The number of Topliss-reactive ketones (excluding diaryl/α,β-unsaturated/α-hetero) is 3. The van der Waals surface area contributed by atoms with E-state index < -0.39 is 45.7 Å². The van der Waals surface area contributed by atoms with Crippen LogP contribution in [0.15, 0.2) is 76.6 Å². The van der Waals surface area contributed by atoms with Crippen LogP contribution in [-0.4, -0.2) is 32.7 Å². The smallest absolute Gasteiger partial charge is 0.200 e. The van der Waals surface area contributed by atoms with Crippen LogP contribution in [0.2, 0.25) is 0 Å². The summed E-state index contributed by atoms with van der Waals surface area (Å²) in [5.74, 6) is -4.79. The minimum Gasteiger partial charge on any atom is -0.510 e. The first-order valence-corrected chi connectivity index (χ1v) is 15.9. The summed E-state index contributed by atoms with van der Waals surface area (Å²) in [6, 6.07) is 3.54. The zero-order valence-electron chi connectivity index (χ0n) is 29.0. The SMILES string of the molecule is C=C(C)[C@@H](CC=C(C)C)C[C@]1(C[C@@H](CC=C(C)C)C(C)(C)C)C(=O)C(CC=C(C)C)C(=O)C(C(=O)c2ccc(O)c(O)c2)=C1O. The maximum Gasteiger partial charge on any atom is 0.200 e. The van der Waals surface area contributed by atoms with Crippen molar-refractivity contribution >= 4 is 17.3 Å². The van der Waals surface area contributed by atoms with Gasteiger partial charge in [0.2, 0.25) is 0 Å². The highest BCUT2D eigenvalue weighted by Gasteiger charge is 2.56. The number of allylic oxidation sites excluding steroid dienone is 9. The molecule has 0 radical (unpaired) electrons. The Morgan fingerprint density at radius 2 is 1.42 bits per heavy atom. The molecule has 6 heteroatoms. The summed E-state index contributed by atoms with van der Waals surface area (Å²) in [7, 11) is 0. The van der Waals surface area contributed by atoms with E-state index in [1.807, 2.05) is 54.5 Å². The lowest BCUT2D eigenvalue weighted by molar-refractivity contribution is -0.142. The molecule has 1 aliphatic rings. The molecular formula is C39H54O6. The van der Waals surface area contributed by atoms with Crippen LogP contribution in [0.3, 0.4) is 0 Å². The number of benzene rings is 1. The minimum absolute atomic E-state index is 0.0673. The first-order valence-electron chi connectivity index (χ1n) is 15.9. The summed E-state index contributed by atoms with van der Waals surface area (Å²) in [4.78, 5) is 43.1. The molecule has 0 amide bonds. The zero-order chi connectivity index (χ0) is 34.4. The van der Waals surface area contributed by atoms with E-state index in [0.29, 0.717) is 12.8 Å². The molecule has 0 bridgehead atoms. The normalized spacial score (nSPS) is 19.9. The first kappa shape index (κ1) is 37.5. The van der Waals surface area contributed by atoms with Gasteiger partial charge in [-0.05, 0) is 116 Å². The van der Waals surface area contributed by atoms with Crippen molar-refractivity contribution in [3.05, 3.63) is 82.2 Å². The topological polar surface area (TPSA) is 112 Å². The molecule has 45 heavy (non-hydrogen) atoms. The van der Waals surface area contributed by atoms with Crippen molar-refractivity contribution in [2.24, 2.45) is 28.6 Å². The number of hydrogen-bond donors (Lipinski definition) is 3. The number of phenols is 2. The van der Waals surface area contributed by atoms with E-state index in [-0.39, 0.29) is 47.9 Å². The third-order valence-electron chi connectivity index (χ3n) is 9.00. The van der Waals surface area contributed by atoms with Crippen molar-refractivity contribution in [3.8, 4) is 11.5 Å². The number of ketones is 3. The Balaban J connectivity index is 3.03. The van der Waals surface area contributed by atoms with Crippen molar-refractivity contribution in [2.75, 3.05) is 0 Å². The number of aliphatic hydroxyl groups is 1. The van der Waals surface area contributed by atoms with Crippen LogP contribution in [0.4, 0.5) is 0 Å². The highest BCUT2D eigenvalue weighted by Crippen LogP contribution is 2.52. The lowest BCUT2D eigenvalue weighted by Crippen LogP contribution is -2.50. The lowest BCUT2D eigenvalue weighted by atomic mass is 9.57. The molecule has 3 N–H and O–H groups in total. The largest absolute Gasteiger partial charge is 0.510 e. The number of aromatic hydroxyl groups is 2. The third-order valence-corrected chi connectivity index (χ3v) is 9.00. The van der Waals surface area contributed by atoms with Gasteiger partial charge in [0.25, 0.3) is 0 Å². The Morgan fingerprint density at radius 3 is 1.91 bits per heavy atom. The molecule has 1 aliphatic carbocycles. The fourth-order valence-electron chi connectivity index (χ4n) is 5.97. The molecule has 0 heterocycles. The van der Waals surface area contributed by atoms with Gasteiger partial charge in [0.15, 0.2) is 28.8 Å². The summed E-state index contributed by atoms with van der Waals surface area (Å²) in [6.45, 7) is 24.3. The van der Waals surface area contributed by atoms with Crippen molar-refractivity contribution in [1.29, 1.82) is 0 Å². The van der Waals surface area contributed by atoms with Crippen LogP contribution in [0.1, 0.15) is 112 Å².